The van der Waals surface area contributed by atoms with Gasteiger partial charge < -0.3 is 10.2 Å². The molecule has 1 aromatic heterocycles. The zero-order chi connectivity index (χ0) is 13.8. The maximum absolute atomic E-state index is 4.60. The Bertz CT molecular complexity index is 411. The highest BCUT2D eigenvalue weighted by Crippen LogP contribution is 2.34. The van der Waals surface area contributed by atoms with Crippen LogP contribution in [0.4, 0.5) is 11.6 Å². The maximum Gasteiger partial charge on any atom is 0.137 e. The molecule has 0 saturated heterocycles. The Morgan fingerprint density at radius 1 is 1.32 bits per heavy atom. The van der Waals surface area contributed by atoms with Crippen molar-refractivity contribution in [1.29, 1.82) is 0 Å². The molecule has 106 valence electrons. The molecule has 0 atom stereocenters. The van der Waals surface area contributed by atoms with Crippen molar-refractivity contribution >= 4 is 11.6 Å². The van der Waals surface area contributed by atoms with Crippen molar-refractivity contribution in [2.24, 2.45) is 0 Å². The van der Waals surface area contributed by atoms with Gasteiger partial charge in [0.1, 0.15) is 18.0 Å². The Kier molecular flexibility index (Phi) is 4.61. The predicted octanol–water partition coefficient (Wildman–Crippen LogP) is 3.41. The monoisotopic (exact) mass is 262 g/mol. The van der Waals surface area contributed by atoms with E-state index in [0.717, 1.165) is 18.2 Å². The lowest BCUT2D eigenvalue weighted by molar-refractivity contribution is 0.607. The van der Waals surface area contributed by atoms with E-state index >= 15 is 0 Å². The summed E-state index contributed by atoms with van der Waals surface area (Å²) in [5.41, 5.74) is 1.25. The summed E-state index contributed by atoms with van der Waals surface area (Å²) >= 11 is 0. The van der Waals surface area contributed by atoms with Gasteiger partial charge in [-0.15, -0.1) is 0 Å². The Hall–Kier alpha value is -1.32. The van der Waals surface area contributed by atoms with Gasteiger partial charge in [-0.2, -0.15) is 0 Å². The minimum absolute atomic E-state index is 0.425. The van der Waals surface area contributed by atoms with Crippen LogP contribution in [0.5, 0.6) is 0 Å². The first-order chi connectivity index (χ1) is 9.19. The fourth-order valence-corrected chi connectivity index (χ4v) is 3.14. The fourth-order valence-electron chi connectivity index (χ4n) is 3.14. The molecule has 0 aromatic carbocycles. The Morgan fingerprint density at radius 3 is 2.53 bits per heavy atom. The molecule has 4 nitrogen and oxygen atoms in total. The number of hydrogen-bond donors (Lipinski definition) is 1. The van der Waals surface area contributed by atoms with Gasteiger partial charge in [0.25, 0.3) is 0 Å². The average molecular weight is 262 g/mol. The number of nitrogens with one attached hydrogen (secondary N) is 1. The lowest BCUT2D eigenvalue weighted by atomic mass is 10.0. The summed E-state index contributed by atoms with van der Waals surface area (Å²) in [6.45, 7) is 7.67. The second-order valence-corrected chi connectivity index (χ2v) is 5.59. The molecule has 4 heteroatoms. The van der Waals surface area contributed by atoms with E-state index in [1.54, 1.807) is 6.33 Å². The standard InChI is InChI=1S/C15H26N4/c1-5-19(12-8-6-7-9-12)15-13(11(2)3)14(16-4)17-10-18-15/h10-12H,5-9H2,1-4H3,(H,16,17,18). The topological polar surface area (TPSA) is 41.1 Å². The fraction of sp³-hybridized carbons (Fsp3) is 0.733. The van der Waals surface area contributed by atoms with Crippen LogP contribution in [0.2, 0.25) is 0 Å². The third-order valence-corrected chi connectivity index (χ3v) is 4.06. The minimum Gasteiger partial charge on any atom is -0.373 e. The van der Waals surface area contributed by atoms with E-state index in [0.29, 0.717) is 12.0 Å². The van der Waals surface area contributed by atoms with Crippen molar-refractivity contribution in [2.75, 3.05) is 23.8 Å². The summed E-state index contributed by atoms with van der Waals surface area (Å²) in [7, 11) is 1.93. The predicted molar refractivity (Wildman–Crippen MR) is 80.9 cm³/mol. The van der Waals surface area contributed by atoms with E-state index in [1.165, 1.54) is 31.2 Å². The van der Waals surface area contributed by atoms with Gasteiger partial charge in [-0.25, -0.2) is 9.97 Å². The molecule has 1 fully saturated rings. The van der Waals surface area contributed by atoms with Crippen molar-refractivity contribution in [3.05, 3.63) is 11.9 Å². The van der Waals surface area contributed by atoms with Gasteiger partial charge in [0.2, 0.25) is 0 Å². The zero-order valence-electron chi connectivity index (χ0n) is 12.6. The molecule has 0 unspecified atom stereocenters. The average Bonchev–Trinajstić information content (AvgIpc) is 2.93. The molecule has 0 bridgehead atoms. The van der Waals surface area contributed by atoms with Crippen LogP contribution in [0.15, 0.2) is 6.33 Å². The molecular formula is C15H26N4. The van der Waals surface area contributed by atoms with Crippen molar-refractivity contribution in [3.63, 3.8) is 0 Å². The molecule has 0 spiro atoms. The van der Waals surface area contributed by atoms with E-state index in [1.807, 2.05) is 7.05 Å². The van der Waals surface area contributed by atoms with Crippen LogP contribution in [0.1, 0.15) is 57.9 Å². The first-order valence-electron chi connectivity index (χ1n) is 7.48. The van der Waals surface area contributed by atoms with Crippen LogP contribution in [0.3, 0.4) is 0 Å². The van der Waals surface area contributed by atoms with Gasteiger partial charge in [0.05, 0.1) is 0 Å². The van der Waals surface area contributed by atoms with Gasteiger partial charge >= 0.3 is 0 Å². The number of aromatic nitrogens is 2. The quantitative estimate of drug-likeness (QED) is 0.883. The van der Waals surface area contributed by atoms with E-state index in [4.69, 9.17) is 0 Å². The van der Waals surface area contributed by atoms with Crippen molar-refractivity contribution in [2.45, 2.75) is 58.4 Å². The Balaban J connectivity index is 2.41. The molecule has 1 aliphatic carbocycles. The van der Waals surface area contributed by atoms with Crippen LogP contribution in [0, 0.1) is 0 Å². The smallest absolute Gasteiger partial charge is 0.137 e. The normalized spacial score (nSPS) is 16.1. The highest BCUT2D eigenvalue weighted by atomic mass is 15.2. The molecule has 1 saturated carbocycles. The molecule has 0 radical (unpaired) electrons. The first kappa shape index (κ1) is 14.1. The van der Waals surface area contributed by atoms with Crippen LogP contribution in [-0.4, -0.2) is 29.6 Å². The first-order valence-corrected chi connectivity index (χ1v) is 7.48. The largest absolute Gasteiger partial charge is 0.373 e. The van der Waals surface area contributed by atoms with E-state index in [-0.39, 0.29) is 0 Å². The molecular weight excluding hydrogens is 236 g/mol. The number of hydrogen-bond acceptors (Lipinski definition) is 4. The van der Waals surface area contributed by atoms with Crippen molar-refractivity contribution < 1.29 is 0 Å². The van der Waals surface area contributed by atoms with Gasteiger partial charge in [-0.1, -0.05) is 26.7 Å². The van der Waals surface area contributed by atoms with Gasteiger partial charge in [-0.3, -0.25) is 0 Å². The van der Waals surface area contributed by atoms with E-state index in [2.05, 4.69) is 41.0 Å². The summed E-state index contributed by atoms with van der Waals surface area (Å²) in [6, 6.07) is 0.655. The molecule has 1 aromatic rings. The molecule has 1 heterocycles. The molecule has 2 rings (SSSR count). The summed E-state index contributed by atoms with van der Waals surface area (Å²) in [5, 5.41) is 3.21. The molecule has 0 amide bonds. The highest BCUT2D eigenvalue weighted by molar-refractivity contribution is 5.60. The molecule has 19 heavy (non-hydrogen) atoms. The lowest BCUT2D eigenvalue weighted by Gasteiger charge is -2.31. The van der Waals surface area contributed by atoms with E-state index < -0.39 is 0 Å². The highest BCUT2D eigenvalue weighted by Gasteiger charge is 2.26. The van der Waals surface area contributed by atoms with Crippen LogP contribution >= 0.6 is 0 Å². The minimum atomic E-state index is 0.425. The van der Waals surface area contributed by atoms with Crippen molar-refractivity contribution in [1.82, 2.24) is 9.97 Å². The van der Waals surface area contributed by atoms with E-state index in [9.17, 15) is 0 Å². The number of rotatable bonds is 5. The summed E-state index contributed by atoms with van der Waals surface area (Å²) < 4.78 is 0. The maximum atomic E-state index is 4.60. The summed E-state index contributed by atoms with van der Waals surface area (Å²) in [5.74, 6) is 2.52. The molecule has 1 N–H and O–H groups in total. The van der Waals surface area contributed by atoms with Crippen LogP contribution in [-0.2, 0) is 0 Å². The number of nitrogens with zero attached hydrogens (tertiary/aromatic N) is 3. The van der Waals surface area contributed by atoms with Gasteiger partial charge in [0, 0.05) is 25.2 Å². The van der Waals surface area contributed by atoms with Crippen LogP contribution in [0.25, 0.3) is 0 Å². The molecule has 1 aliphatic rings. The third kappa shape index (κ3) is 2.82. The Labute approximate surface area is 116 Å². The zero-order valence-corrected chi connectivity index (χ0v) is 12.6. The lowest BCUT2D eigenvalue weighted by Crippen LogP contribution is -2.35. The second-order valence-electron chi connectivity index (χ2n) is 5.59. The SMILES string of the molecule is CCN(c1ncnc(NC)c1C(C)C)C1CCCC1. The van der Waals surface area contributed by atoms with Gasteiger partial charge in [-0.05, 0) is 25.7 Å². The Morgan fingerprint density at radius 2 is 2.00 bits per heavy atom. The third-order valence-electron chi connectivity index (χ3n) is 4.06. The number of anilines is 2. The summed E-state index contributed by atoms with van der Waals surface area (Å²) in [4.78, 5) is 11.4. The van der Waals surface area contributed by atoms with Gasteiger partial charge in [0.15, 0.2) is 0 Å². The molecule has 0 aliphatic heterocycles. The summed E-state index contributed by atoms with van der Waals surface area (Å²) in [6.07, 6.45) is 6.98. The van der Waals surface area contributed by atoms with Crippen molar-refractivity contribution in [3.8, 4) is 0 Å². The second kappa shape index (κ2) is 6.22. The van der Waals surface area contributed by atoms with Crippen LogP contribution < -0.4 is 10.2 Å².